The van der Waals surface area contributed by atoms with E-state index < -0.39 is 6.29 Å². The molecule has 1 fully saturated rings. The number of allylic oxidation sites excluding steroid dienone is 1. The first-order valence-electron chi connectivity index (χ1n) is 6.91. The van der Waals surface area contributed by atoms with Gasteiger partial charge in [0.2, 0.25) is 6.29 Å². The third-order valence-electron chi connectivity index (χ3n) is 2.91. The topological polar surface area (TPSA) is 35.5 Å². The highest BCUT2D eigenvalue weighted by Crippen LogP contribution is 2.30. The molecule has 0 saturated carbocycles. The number of ether oxygens (including phenoxy) is 2. The van der Waals surface area contributed by atoms with Crippen molar-refractivity contribution in [3.05, 3.63) is 11.6 Å². The Morgan fingerprint density at radius 3 is 2.58 bits per heavy atom. The highest BCUT2D eigenvalue weighted by Gasteiger charge is 2.38. The minimum atomic E-state index is -0.500. The van der Waals surface area contributed by atoms with E-state index in [0.717, 1.165) is 19.3 Å². The van der Waals surface area contributed by atoms with Crippen molar-refractivity contribution in [1.29, 1.82) is 0 Å². The molecule has 1 aliphatic rings. The lowest BCUT2D eigenvalue weighted by atomic mass is 9.94. The molecule has 19 heavy (non-hydrogen) atoms. The number of esters is 1. The Hall–Kier alpha value is -1.27. The molecule has 3 heteroatoms. The van der Waals surface area contributed by atoms with Gasteiger partial charge in [-0.3, -0.25) is 0 Å². The SMILES string of the molecule is CCCCC#C/C=C1/C(=O)O[C@H](C(C)(C)C)O[C@@H]1C. The molecule has 0 aromatic heterocycles. The summed E-state index contributed by atoms with van der Waals surface area (Å²) in [6, 6.07) is 0. The van der Waals surface area contributed by atoms with Crippen molar-refractivity contribution >= 4 is 5.97 Å². The van der Waals surface area contributed by atoms with Gasteiger partial charge in [-0.05, 0) is 13.3 Å². The van der Waals surface area contributed by atoms with Crippen molar-refractivity contribution < 1.29 is 14.3 Å². The van der Waals surface area contributed by atoms with Gasteiger partial charge in [-0.15, -0.1) is 0 Å². The lowest BCUT2D eigenvalue weighted by Crippen LogP contribution is -2.43. The van der Waals surface area contributed by atoms with Gasteiger partial charge < -0.3 is 9.47 Å². The molecular weight excluding hydrogens is 240 g/mol. The molecule has 0 amide bonds. The quantitative estimate of drug-likeness (QED) is 0.332. The van der Waals surface area contributed by atoms with E-state index in [0.29, 0.717) is 5.57 Å². The fourth-order valence-corrected chi connectivity index (χ4v) is 1.64. The molecule has 1 saturated heterocycles. The first kappa shape index (κ1) is 15.8. The van der Waals surface area contributed by atoms with Crippen molar-refractivity contribution in [3.63, 3.8) is 0 Å². The van der Waals surface area contributed by atoms with Gasteiger partial charge in [-0.2, -0.15) is 0 Å². The maximum absolute atomic E-state index is 11.9. The maximum Gasteiger partial charge on any atom is 0.339 e. The highest BCUT2D eigenvalue weighted by atomic mass is 16.7. The number of hydrogen-bond acceptors (Lipinski definition) is 3. The molecule has 1 heterocycles. The summed E-state index contributed by atoms with van der Waals surface area (Å²) in [6.07, 6.45) is 3.92. The van der Waals surface area contributed by atoms with Crippen LogP contribution in [0.25, 0.3) is 0 Å². The number of hydrogen-bond donors (Lipinski definition) is 0. The van der Waals surface area contributed by atoms with Gasteiger partial charge in [0.25, 0.3) is 0 Å². The van der Waals surface area contributed by atoms with Gasteiger partial charge in [0, 0.05) is 17.9 Å². The van der Waals surface area contributed by atoms with Crippen molar-refractivity contribution in [2.45, 2.75) is 66.3 Å². The third kappa shape index (κ3) is 4.72. The second kappa shape index (κ2) is 6.77. The Morgan fingerprint density at radius 1 is 1.37 bits per heavy atom. The molecule has 0 radical (unpaired) electrons. The average Bonchev–Trinajstić information content (AvgIpc) is 2.30. The van der Waals surface area contributed by atoms with Gasteiger partial charge in [0.05, 0.1) is 11.7 Å². The van der Waals surface area contributed by atoms with Crippen molar-refractivity contribution in [3.8, 4) is 11.8 Å². The first-order valence-corrected chi connectivity index (χ1v) is 6.91. The summed E-state index contributed by atoms with van der Waals surface area (Å²) in [4.78, 5) is 11.9. The van der Waals surface area contributed by atoms with Crippen LogP contribution < -0.4 is 0 Å². The molecule has 2 atom stereocenters. The summed E-state index contributed by atoms with van der Waals surface area (Å²) in [5.41, 5.74) is 0.284. The van der Waals surface area contributed by atoms with Crippen LogP contribution in [-0.2, 0) is 14.3 Å². The highest BCUT2D eigenvalue weighted by molar-refractivity contribution is 5.90. The molecule has 1 rings (SSSR count). The van der Waals surface area contributed by atoms with Crippen molar-refractivity contribution in [2.75, 3.05) is 0 Å². The molecule has 1 aliphatic heterocycles. The predicted octanol–water partition coefficient (Wildman–Crippen LogP) is 3.44. The second-order valence-corrected chi connectivity index (χ2v) is 5.91. The van der Waals surface area contributed by atoms with Crippen LogP contribution in [0.5, 0.6) is 0 Å². The van der Waals surface area contributed by atoms with Gasteiger partial charge >= 0.3 is 5.97 Å². The van der Waals surface area contributed by atoms with Crippen LogP contribution in [0.3, 0.4) is 0 Å². The van der Waals surface area contributed by atoms with Gasteiger partial charge in [-0.1, -0.05) is 46.0 Å². The van der Waals surface area contributed by atoms with E-state index in [4.69, 9.17) is 9.47 Å². The maximum atomic E-state index is 11.9. The van der Waals surface area contributed by atoms with Crippen LogP contribution >= 0.6 is 0 Å². The van der Waals surface area contributed by atoms with Crippen LogP contribution in [0.2, 0.25) is 0 Å². The summed E-state index contributed by atoms with van der Waals surface area (Å²) in [6.45, 7) is 9.94. The number of unbranched alkanes of at least 4 members (excludes halogenated alkanes) is 2. The smallest absolute Gasteiger partial charge is 0.339 e. The Balaban J connectivity index is 2.70. The standard InChI is InChI=1S/C16H24O3/c1-6-7-8-9-10-11-13-12(2)18-15(16(3,4)5)19-14(13)17/h11-12,15H,6-8H2,1-5H3/b13-11+/t12-,15-/m1/s1. The second-order valence-electron chi connectivity index (χ2n) is 5.91. The van der Waals surface area contributed by atoms with Gasteiger partial charge in [0.1, 0.15) is 0 Å². The van der Waals surface area contributed by atoms with Crippen LogP contribution in [0.15, 0.2) is 11.6 Å². The van der Waals surface area contributed by atoms with E-state index in [1.807, 2.05) is 27.7 Å². The molecule has 0 aliphatic carbocycles. The fourth-order valence-electron chi connectivity index (χ4n) is 1.64. The zero-order valence-corrected chi connectivity index (χ0v) is 12.6. The van der Waals surface area contributed by atoms with Crippen LogP contribution in [-0.4, -0.2) is 18.4 Å². The molecule has 0 aromatic rings. The van der Waals surface area contributed by atoms with Gasteiger partial charge in [-0.25, -0.2) is 4.79 Å². The molecule has 0 N–H and O–H groups in total. The summed E-state index contributed by atoms with van der Waals surface area (Å²) in [7, 11) is 0. The van der Waals surface area contributed by atoms with Crippen LogP contribution in [0.4, 0.5) is 0 Å². The zero-order chi connectivity index (χ0) is 14.5. The van der Waals surface area contributed by atoms with Gasteiger partial charge in [0.15, 0.2) is 0 Å². The van der Waals surface area contributed by atoms with Crippen molar-refractivity contribution in [2.24, 2.45) is 5.41 Å². The van der Waals surface area contributed by atoms with Crippen LogP contribution in [0.1, 0.15) is 53.9 Å². The van der Waals surface area contributed by atoms with E-state index in [1.54, 1.807) is 6.08 Å². The molecule has 3 nitrogen and oxygen atoms in total. The molecule has 106 valence electrons. The van der Waals surface area contributed by atoms with E-state index >= 15 is 0 Å². The summed E-state index contributed by atoms with van der Waals surface area (Å²) in [5.74, 6) is 5.62. The predicted molar refractivity (Wildman–Crippen MR) is 75.3 cm³/mol. The molecule has 0 unspecified atom stereocenters. The minimum absolute atomic E-state index is 0.220. The first-order chi connectivity index (χ1) is 8.86. The van der Waals surface area contributed by atoms with Crippen LogP contribution in [0, 0.1) is 17.3 Å². The van der Waals surface area contributed by atoms with E-state index in [9.17, 15) is 4.79 Å². The summed E-state index contributed by atoms with van der Waals surface area (Å²) < 4.78 is 11.0. The lowest BCUT2D eigenvalue weighted by molar-refractivity contribution is -0.225. The Kier molecular flexibility index (Phi) is 5.62. The largest absolute Gasteiger partial charge is 0.432 e. The fraction of sp³-hybridized carbons (Fsp3) is 0.688. The number of rotatable bonds is 2. The summed E-state index contributed by atoms with van der Waals surface area (Å²) in [5, 5.41) is 0. The number of carbonyl (C=O) groups is 1. The summed E-state index contributed by atoms with van der Waals surface area (Å²) >= 11 is 0. The normalized spacial score (nSPS) is 25.7. The Bertz CT molecular complexity index is 404. The van der Waals surface area contributed by atoms with Crippen molar-refractivity contribution in [1.82, 2.24) is 0 Å². The average molecular weight is 264 g/mol. The Morgan fingerprint density at radius 2 is 2.05 bits per heavy atom. The number of cyclic esters (lactones) is 1. The van der Waals surface area contributed by atoms with E-state index in [-0.39, 0.29) is 17.5 Å². The number of carbonyl (C=O) groups excluding carboxylic acids is 1. The minimum Gasteiger partial charge on any atom is -0.432 e. The zero-order valence-electron chi connectivity index (χ0n) is 12.6. The monoisotopic (exact) mass is 264 g/mol. The molecular formula is C16H24O3. The third-order valence-corrected chi connectivity index (χ3v) is 2.91. The molecule has 0 bridgehead atoms. The van der Waals surface area contributed by atoms with E-state index in [1.165, 1.54) is 0 Å². The Labute approximate surface area is 116 Å². The molecule has 0 aromatic carbocycles. The molecule has 0 spiro atoms. The van der Waals surface area contributed by atoms with E-state index in [2.05, 4.69) is 18.8 Å². The lowest BCUT2D eigenvalue weighted by Gasteiger charge is -2.36.